The van der Waals surface area contributed by atoms with E-state index in [2.05, 4.69) is 4.98 Å². The lowest BCUT2D eigenvalue weighted by Gasteiger charge is -2.12. The van der Waals surface area contributed by atoms with Crippen molar-refractivity contribution in [3.05, 3.63) is 18.5 Å². The predicted octanol–water partition coefficient (Wildman–Crippen LogP) is 0.655. The molecule has 1 aromatic heterocycles. The maximum absolute atomic E-state index is 11.5. The van der Waals surface area contributed by atoms with Crippen molar-refractivity contribution in [3.63, 3.8) is 0 Å². The molecule has 0 unspecified atom stereocenters. The lowest BCUT2D eigenvalue weighted by Crippen LogP contribution is -2.26. The highest BCUT2D eigenvalue weighted by Gasteiger charge is 2.18. The molecule has 0 aliphatic heterocycles. The van der Waals surface area contributed by atoms with E-state index in [1.54, 1.807) is 26.2 Å². The quantitative estimate of drug-likeness (QED) is 0.757. The number of rotatable bonds is 3. The highest BCUT2D eigenvalue weighted by Crippen LogP contribution is 2.11. The molecule has 0 fully saturated rings. The van der Waals surface area contributed by atoms with Crippen LogP contribution in [-0.4, -0.2) is 31.3 Å². The van der Waals surface area contributed by atoms with E-state index in [1.807, 2.05) is 0 Å². The summed E-state index contributed by atoms with van der Waals surface area (Å²) in [6, 6.07) is 1.54. The van der Waals surface area contributed by atoms with Crippen molar-refractivity contribution in [2.75, 3.05) is 13.6 Å². The third-order valence-electron chi connectivity index (χ3n) is 1.72. The fraction of sp³-hybridized carbons (Fsp3) is 0.429. The van der Waals surface area contributed by atoms with Crippen molar-refractivity contribution in [2.24, 2.45) is 0 Å². The van der Waals surface area contributed by atoms with Gasteiger partial charge in [-0.3, -0.25) is 0 Å². The smallest absolute Gasteiger partial charge is 0.244 e. The normalized spacial score (nSPS) is 12.2. The van der Waals surface area contributed by atoms with Crippen molar-refractivity contribution in [1.82, 2.24) is 9.29 Å². The van der Waals surface area contributed by atoms with Gasteiger partial charge >= 0.3 is 0 Å². The molecule has 0 aromatic carbocycles. The van der Waals surface area contributed by atoms with Crippen LogP contribution in [0.2, 0.25) is 0 Å². The van der Waals surface area contributed by atoms with E-state index in [-0.39, 0.29) is 0 Å². The summed E-state index contributed by atoms with van der Waals surface area (Å²) in [6.07, 6.45) is 3.07. The highest BCUT2D eigenvalue weighted by molar-refractivity contribution is 7.89. The molecule has 1 rings (SSSR count). The molecular formula is C7H12N2O2S. The first-order valence-corrected chi connectivity index (χ1v) is 5.12. The zero-order chi connectivity index (χ0) is 9.19. The fourth-order valence-electron chi connectivity index (χ4n) is 0.819. The monoisotopic (exact) mass is 188 g/mol. The van der Waals surface area contributed by atoms with Crippen LogP contribution in [0.15, 0.2) is 23.4 Å². The summed E-state index contributed by atoms with van der Waals surface area (Å²) in [5.41, 5.74) is 0. The molecule has 0 saturated carbocycles. The molecule has 1 aromatic rings. The minimum absolute atomic E-state index is 0.312. The molecule has 12 heavy (non-hydrogen) atoms. The third kappa shape index (κ3) is 1.51. The van der Waals surface area contributed by atoms with E-state index in [1.165, 1.54) is 10.5 Å². The number of hydrogen-bond acceptors (Lipinski definition) is 2. The minimum Gasteiger partial charge on any atom is -0.366 e. The maximum atomic E-state index is 11.5. The highest BCUT2D eigenvalue weighted by atomic mass is 32.2. The second kappa shape index (κ2) is 3.28. The van der Waals surface area contributed by atoms with E-state index < -0.39 is 10.0 Å². The molecule has 0 radical (unpaired) electrons. The Hall–Kier alpha value is -0.810. The van der Waals surface area contributed by atoms with Gasteiger partial charge in [0, 0.05) is 26.0 Å². The summed E-state index contributed by atoms with van der Waals surface area (Å²) in [7, 11) is -1.69. The number of aromatic nitrogens is 1. The Morgan fingerprint density at radius 3 is 2.67 bits per heavy atom. The van der Waals surface area contributed by atoms with Crippen LogP contribution in [0, 0.1) is 0 Å². The SMILES string of the molecule is CCN(C)S(=O)(=O)c1cc[nH]c1. The summed E-state index contributed by atoms with van der Waals surface area (Å²) in [5, 5.41) is 0. The van der Waals surface area contributed by atoms with Gasteiger partial charge in [-0.2, -0.15) is 0 Å². The zero-order valence-electron chi connectivity index (χ0n) is 7.11. The molecule has 0 bridgehead atoms. The predicted molar refractivity (Wildman–Crippen MR) is 46.3 cm³/mol. The van der Waals surface area contributed by atoms with E-state index in [4.69, 9.17) is 0 Å². The van der Waals surface area contributed by atoms with E-state index in [0.717, 1.165) is 0 Å². The molecule has 68 valence electrons. The molecule has 4 nitrogen and oxygen atoms in total. The Kier molecular flexibility index (Phi) is 2.54. The van der Waals surface area contributed by atoms with Crippen LogP contribution in [0.5, 0.6) is 0 Å². The first kappa shape index (κ1) is 9.28. The molecule has 1 N–H and O–H groups in total. The van der Waals surface area contributed by atoms with Crippen molar-refractivity contribution < 1.29 is 8.42 Å². The van der Waals surface area contributed by atoms with E-state index in [9.17, 15) is 8.42 Å². The Bertz CT molecular complexity index is 328. The van der Waals surface area contributed by atoms with Gasteiger partial charge in [0.25, 0.3) is 0 Å². The van der Waals surface area contributed by atoms with Crippen LogP contribution in [-0.2, 0) is 10.0 Å². The van der Waals surface area contributed by atoms with E-state index in [0.29, 0.717) is 11.4 Å². The molecular weight excluding hydrogens is 176 g/mol. The van der Waals surface area contributed by atoms with Gasteiger partial charge in [0.05, 0.1) is 4.90 Å². The summed E-state index contributed by atoms with van der Waals surface area (Å²) in [4.78, 5) is 3.02. The Morgan fingerprint density at radius 1 is 1.58 bits per heavy atom. The third-order valence-corrected chi connectivity index (χ3v) is 3.65. The van der Waals surface area contributed by atoms with Crippen LogP contribution >= 0.6 is 0 Å². The molecule has 0 aliphatic rings. The van der Waals surface area contributed by atoms with Crippen molar-refractivity contribution in [1.29, 1.82) is 0 Å². The minimum atomic E-state index is -3.24. The second-order valence-corrected chi connectivity index (χ2v) is 4.51. The van der Waals surface area contributed by atoms with Crippen molar-refractivity contribution >= 4 is 10.0 Å². The standard InChI is InChI=1S/C7H12N2O2S/c1-3-9(2)12(10,11)7-4-5-8-6-7/h4-6,8H,3H2,1-2H3. The van der Waals surface area contributed by atoms with Crippen LogP contribution in [0.3, 0.4) is 0 Å². The van der Waals surface area contributed by atoms with Gasteiger partial charge in [-0.15, -0.1) is 0 Å². The average Bonchev–Trinajstić information content (AvgIpc) is 2.55. The van der Waals surface area contributed by atoms with Crippen LogP contribution in [0.1, 0.15) is 6.92 Å². The summed E-state index contributed by atoms with van der Waals surface area (Å²) >= 11 is 0. The second-order valence-electron chi connectivity index (χ2n) is 2.47. The Balaban J connectivity index is 3.03. The van der Waals surface area contributed by atoms with Crippen molar-refractivity contribution in [3.8, 4) is 0 Å². The summed E-state index contributed by atoms with van der Waals surface area (Å²) in [5.74, 6) is 0. The van der Waals surface area contributed by atoms with Gasteiger partial charge < -0.3 is 4.98 Å². The van der Waals surface area contributed by atoms with Gasteiger partial charge in [-0.05, 0) is 6.07 Å². The number of nitrogens with one attached hydrogen (secondary N) is 1. The topological polar surface area (TPSA) is 53.2 Å². The Morgan fingerprint density at radius 2 is 2.25 bits per heavy atom. The molecule has 0 aliphatic carbocycles. The molecule has 0 saturated heterocycles. The number of aromatic amines is 1. The first-order valence-electron chi connectivity index (χ1n) is 3.68. The van der Waals surface area contributed by atoms with Gasteiger partial charge in [-0.25, -0.2) is 12.7 Å². The molecule has 1 heterocycles. The average molecular weight is 188 g/mol. The number of H-pyrrole nitrogens is 1. The number of hydrogen-bond donors (Lipinski definition) is 1. The molecule has 0 amide bonds. The van der Waals surface area contributed by atoms with Gasteiger partial charge in [-0.1, -0.05) is 6.92 Å². The lowest BCUT2D eigenvalue weighted by atomic mass is 10.7. The van der Waals surface area contributed by atoms with E-state index >= 15 is 0 Å². The molecule has 5 heteroatoms. The van der Waals surface area contributed by atoms with Crippen LogP contribution < -0.4 is 0 Å². The number of sulfonamides is 1. The largest absolute Gasteiger partial charge is 0.366 e. The zero-order valence-corrected chi connectivity index (χ0v) is 7.93. The molecule has 0 atom stereocenters. The van der Waals surface area contributed by atoms with Gasteiger partial charge in [0.1, 0.15) is 0 Å². The summed E-state index contributed by atoms with van der Waals surface area (Å²) in [6.45, 7) is 2.28. The van der Waals surface area contributed by atoms with Crippen LogP contribution in [0.4, 0.5) is 0 Å². The van der Waals surface area contributed by atoms with Crippen molar-refractivity contribution in [2.45, 2.75) is 11.8 Å². The first-order chi connectivity index (χ1) is 5.59. The Labute approximate surface area is 72.3 Å². The number of nitrogens with zero attached hydrogens (tertiary/aromatic N) is 1. The van der Waals surface area contributed by atoms with Gasteiger partial charge in [0.2, 0.25) is 10.0 Å². The molecule has 0 spiro atoms. The fourth-order valence-corrected chi connectivity index (χ4v) is 1.98. The van der Waals surface area contributed by atoms with Gasteiger partial charge in [0.15, 0.2) is 0 Å². The van der Waals surface area contributed by atoms with Crippen LogP contribution in [0.25, 0.3) is 0 Å². The summed E-state index contributed by atoms with van der Waals surface area (Å²) < 4.78 is 24.4. The lowest BCUT2D eigenvalue weighted by molar-refractivity contribution is 0.486. The maximum Gasteiger partial charge on any atom is 0.244 e.